The van der Waals surface area contributed by atoms with E-state index in [0.717, 1.165) is 31.4 Å². The predicted molar refractivity (Wildman–Crippen MR) is 64.1 cm³/mol. The Bertz CT molecular complexity index is 451. The molecule has 1 heterocycles. The van der Waals surface area contributed by atoms with E-state index in [4.69, 9.17) is 5.73 Å². The number of hydrogen-bond donors (Lipinski definition) is 1. The van der Waals surface area contributed by atoms with E-state index < -0.39 is 11.6 Å². The summed E-state index contributed by atoms with van der Waals surface area (Å²) >= 11 is 0. The van der Waals surface area contributed by atoms with E-state index in [1.54, 1.807) is 4.90 Å². The number of benzene rings is 1. The van der Waals surface area contributed by atoms with Gasteiger partial charge in [0, 0.05) is 24.7 Å². The third-order valence-electron chi connectivity index (χ3n) is 3.33. The van der Waals surface area contributed by atoms with Gasteiger partial charge in [-0.25, -0.2) is 8.78 Å². The lowest BCUT2D eigenvalue weighted by molar-refractivity contribution is 0.0622. The molecule has 1 fully saturated rings. The summed E-state index contributed by atoms with van der Waals surface area (Å²) in [7, 11) is 0. The highest BCUT2D eigenvalue weighted by atomic mass is 19.2. The van der Waals surface area contributed by atoms with Gasteiger partial charge in [-0.3, -0.25) is 4.79 Å². The monoisotopic (exact) mass is 254 g/mol. The van der Waals surface area contributed by atoms with Gasteiger partial charge in [0.05, 0.1) is 0 Å². The van der Waals surface area contributed by atoms with Crippen molar-refractivity contribution < 1.29 is 13.6 Å². The van der Waals surface area contributed by atoms with Crippen molar-refractivity contribution in [1.82, 2.24) is 4.90 Å². The fourth-order valence-electron chi connectivity index (χ4n) is 2.31. The van der Waals surface area contributed by atoms with Crippen LogP contribution >= 0.6 is 0 Å². The summed E-state index contributed by atoms with van der Waals surface area (Å²) in [4.78, 5) is 13.9. The molecule has 3 nitrogen and oxygen atoms in total. The molecule has 1 unspecified atom stereocenters. The molecular formula is C13H16F2N2O. The Morgan fingerprint density at radius 3 is 2.78 bits per heavy atom. The summed E-state index contributed by atoms with van der Waals surface area (Å²) in [5, 5.41) is 0. The number of carbonyl (C=O) groups excluding carboxylic acids is 1. The van der Waals surface area contributed by atoms with Gasteiger partial charge in [0.15, 0.2) is 11.6 Å². The molecule has 0 bridgehead atoms. The highest BCUT2D eigenvalue weighted by Crippen LogP contribution is 2.19. The third kappa shape index (κ3) is 2.51. The second-order valence-corrected chi connectivity index (χ2v) is 4.51. The maximum atomic E-state index is 13.1. The molecule has 1 aromatic rings. The van der Waals surface area contributed by atoms with Crippen molar-refractivity contribution in [2.24, 2.45) is 5.73 Å². The lowest BCUT2D eigenvalue weighted by atomic mass is 10.0. The van der Waals surface area contributed by atoms with Crippen LogP contribution in [0.2, 0.25) is 0 Å². The molecular weight excluding hydrogens is 238 g/mol. The normalized spacial score (nSPS) is 19.9. The first-order valence-electron chi connectivity index (χ1n) is 6.09. The smallest absolute Gasteiger partial charge is 0.254 e. The zero-order valence-electron chi connectivity index (χ0n) is 10.0. The second kappa shape index (κ2) is 5.44. The fourth-order valence-corrected chi connectivity index (χ4v) is 2.31. The topological polar surface area (TPSA) is 46.3 Å². The maximum Gasteiger partial charge on any atom is 0.254 e. The molecule has 18 heavy (non-hydrogen) atoms. The molecule has 98 valence electrons. The van der Waals surface area contributed by atoms with Crippen molar-refractivity contribution in [3.8, 4) is 0 Å². The van der Waals surface area contributed by atoms with Crippen LogP contribution in [0.1, 0.15) is 29.6 Å². The minimum Gasteiger partial charge on any atom is -0.334 e. The molecule has 1 saturated heterocycles. The van der Waals surface area contributed by atoms with Crippen LogP contribution in [0.3, 0.4) is 0 Å². The van der Waals surface area contributed by atoms with Crippen molar-refractivity contribution >= 4 is 5.91 Å². The van der Waals surface area contributed by atoms with E-state index >= 15 is 0 Å². The van der Waals surface area contributed by atoms with Gasteiger partial charge in [0.1, 0.15) is 0 Å². The van der Waals surface area contributed by atoms with Gasteiger partial charge in [-0.1, -0.05) is 0 Å². The Kier molecular flexibility index (Phi) is 3.91. The Labute approximate surface area is 105 Å². The molecule has 0 spiro atoms. The van der Waals surface area contributed by atoms with Crippen molar-refractivity contribution in [1.29, 1.82) is 0 Å². The molecule has 0 aromatic heterocycles. The Morgan fingerprint density at radius 2 is 2.11 bits per heavy atom. The molecule has 0 aliphatic carbocycles. The lowest BCUT2D eigenvalue weighted by Crippen LogP contribution is -2.47. The number of rotatable bonds is 2. The zero-order chi connectivity index (χ0) is 13.1. The van der Waals surface area contributed by atoms with E-state index in [2.05, 4.69) is 0 Å². The van der Waals surface area contributed by atoms with Gasteiger partial charge in [-0.15, -0.1) is 0 Å². The fraction of sp³-hybridized carbons (Fsp3) is 0.462. The summed E-state index contributed by atoms with van der Waals surface area (Å²) in [5.41, 5.74) is 5.81. The number of hydrogen-bond acceptors (Lipinski definition) is 2. The number of nitrogens with zero attached hydrogens (tertiary/aromatic N) is 1. The molecule has 1 atom stereocenters. The average molecular weight is 254 g/mol. The first-order valence-corrected chi connectivity index (χ1v) is 6.09. The first-order chi connectivity index (χ1) is 8.63. The van der Waals surface area contributed by atoms with E-state index in [0.29, 0.717) is 13.1 Å². The Morgan fingerprint density at radius 1 is 1.33 bits per heavy atom. The highest BCUT2D eigenvalue weighted by Gasteiger charge is 2.26. The van der Waals surface area contributed by atoms with Crippen molar-refractivity contribution in [2.75, 3.05) is 13.1 Å². The molecule has 1 aromatic carbocycles. The molecule has 2 rings (SSSR count). The van der Waals surface area contributed by atoms with Crippen LogP contribution in [0.15, 0.2) is 18.2 Å². The quantitative estimate of drug-likeness (QED) is 0.876. The van der Waals surface area contributed by atoms with Crippen LogP contribution in [-0.2, 0) is 0 Å². The summed E-state index contributed by atoms with van der Waals surface area (Å²) < 4.78 is 25.9. The van der Waals surface area contributed by atoms with Gasteiger partial charge in [0.25, 0.3) is 5.91 Å². The summed E-state index contributed by atoms with van der Waals surface area (Å²) in [6, 6.07) is 3.23. The Hall–Kier alpha value is -1.49. The zero-order valence-corrected chi connectivity index (χ0v) is 10.0. The van der Waals surface area contributed by atoms with Gasteiger partial charge < -0.3 is 10.6 Å². The van der Waals surface area contributed by atoms with Gasteiger partial charge >= 0.3 is 0 Å². The third-order valence-corrected chi connectivity index (χ3v) is 3.33. The predicted octanol–water partition coefficient (Wildman–Crippen LogP) is 1.92. The number of likely N-dealkylation sites (tertiary alicyclic amines) is 1. The van der Waals surface area contributed by atoms with Crippen molar-refractivity contribution in [3.63, 3.8) is 0 Å². The molecule has 2 N–H and O–H groups in total. The minimum atomic E-state index is -0.998. The SMILES string of the molecule is NCC1CCCCN1C(=O)c1ccc(F)c(F)c1. The standard InChI is InChI=1S/C13H16F2N2O/c14-11-5-4-9(7-12(11)15)13(18)17-6-2-1-3-10(17)8-16/h4-5,7,10H,1-3,6,8,16H2. The maximum absolute atomic E-state index is 13.1. The van der Waals surface area contributed by atoms with Crippen LogP contribution < -0.4 is 5.73 Å². The summed E-state index contributed by atoms with van der Waals surface area (Å²) in [5.74, 6) is -2.22. The number of carbonyl (C=O) groups is 1. The van der Waals surface area contributed by atoms with Crippen LogP contribution in [0, 0.1) is 11.6 Å². The van der Waals surface area contributed by atoms with Crippen LogP contribution in [0.4, 0.5) is 8.78 Å². The van der Waals surface area contributed by atoms with Gasteiger partial charge in [-0.2, -0.15) is 0 Å². The van der Waals surface area contributed by atoms with E-state index in [9.17, 15) is 13.6 Å². The van der Waals surface area contributed by atoms with Crippen molar-refractivity contribution in [2.45, 2.75) is 25.3 Å². The van der Waals surface area contributed by atoms with Crippen LogP contribution in [0.25, 0.3) is 0 Å². The number of piperidine rings is 1. The second-order valence-electron chi connectivity index (χ2n) is 4.51. The minimum absolute atomic E-state index is 0.000589. The number of amides is 1. The molecule has 1 amide bonds. The molecule has 1 aliphatic rings. The summed E-state index contributed by atoms with van der Waals surface area (Å²) in [6.45, 7) is 1.02. The Balaban J connectivity index is 2.21. The van der Waals surface area contributed by atoms with Gasteiger partial charge in [-0.05, 0) is 37.5 Å². The molecule has 5 heteroatoms. The average Bonchev–Trinajstić information content (AvgIpc) is 2.41. The molecule has 0 saturated carbocycles. The van der Waals surface area contributed by atoms with Crippen molar-refractivity contribution in [3.05, 3.63) is 35.4 Å². The number of halogens is 2. The highest BCUT2D eigenvalue weighted by molar-refractivity contribution is 5.94. The van der Waals surface area contributed by atoms with E-state index in [-0.39, 0.29) is 17.5 Å². The lowest BCUT2D eigenvalue weighted by Gasteiger charge is -2.35. The van der Waals surface area contributed by atoms with Gasteiger partial charge in [0.2, 0.25) is 0 Å². The van der Waals surface area contributed by atoms with Crippen LogP contribution in [-0.4, -0.2) is 29.9 Å². The first kappa shape index (κ1) is 13.0. The van der Waals surface area contributed by atoms with E-state index in [1.165, 1.54) is 6.07 Å². The summed E-state index contributed by atoms with van der Waals surface area (Å²) in [6.07, 6.45) is 2.83. The number of nitrogens with two attached hydrogens (primary N) is 1. The molecule has 0 radical (unpaired) electrons. The van der Waals surface area contributed by atoms with Crippen LogP contribution in [0.5, 0.6) is 0 Å². The molecule has 1 aliphatic heterocycles. The largest absolute Gasteiger partial charge is 0.334 e. The van der Waals surface area contributed by atoms with E-state index in [1.807, 2.05) is 0 Å².